The number of para-hydroxylation sites is 1. The van der Waals surface area contributed by atoms with Crippen molar-refractivity contribution in [2.45, 2.75) is 12.5 Å². The Bertz CT molecular complexity index is 935. The number of Topliss-reactive ketones (excluding diaryl/α,β-unsaturated/α-hetero) is 1. The van der Waals surface area contributed by atoms with Crippen molar-refractivity contribution in [3.8, 4) is 11.1 Å². The first-order valence-corrected chi connectivity index (χ1v) is 7.95. The first-order chi connectivity index (χ1) is 12.0. The van der Waals surface area contributed by atoms with Crippen LogP contribution in [-0.2, 0) is 14.3 Å². The molecule has 0 aliphatic carbocycles. The van der Waals surface area contributed by atoms with Crippen LogP contribution in [0.5, 0.6) is 0 Å². The van der Waals surface area contributed by atoms with Gasteiger partial charge in [-0.25, -0.2) is 0 Å². The molecule has 2 aliphatic rings. The lowest BCUT2D eigenvalue weighted by atomic mass is 9.84. The molecule has 1 N–H and O–H groups in total. The van der Waals surface area contributed by atoms with Crippen LogP contribution in [-0.4, -0.2) is 31.8 Å². The maximum absolute atomic E-state index is 12.6. The minimum absolute atomic E-state index is 0.0689. The molecule has 6 nitrogen and oxygen atoms in total. The highest BCUT2D eigenvalue weighted by Crippen LogP contribution is 2.47. The minimum Gasteiger partial charge on any atom is -0.469 e. The number of amides is 1. The van der Waals surface area contributed by atoms with E-state index in [1.807, 2.05) is 30.3 Å². The molecule has 2 aliphatic heterocycles. The molecule has 0 spiro atoms. The molecule has 4 rings (SSSR count). The molecular formula is C19H16N2O4. The van der Waals surface area contributed by atoms with Crippen LogP contribution in [0.2, 0.25) is 0 Å². The summed E-state index contributed by atoms with van der Waals surface area (Å²) in [5.74, 6) is -1.48. The van der Waals surface area contributed by atoms with Gasteiger partial charge in [-0.15, -0.1) is 0 Å². The van der Waals surface area contributed by atoms with E-state index in [1.54, 1.807) is 13.1 Å². The van der Waals surface area contributed by atoms with Crippen molar-refractivity contribution in [2.24, 2.45) is 0 Å². The van der Waals surface area contributed by atoms with Gasteiger partial charge in [0.05, 0.1) is 30.8 Å². The van der Waals surface area contributed by atoms with Gasteiger partial charge in [-0.1, -0.05) is 24.3 Å². The van der Waals surface area contributed by atoms with Crippen molar-refractivity contribution in [2.75, 3.05) is 24.4 Å². The number of hydrogen-bond acceptors (Lipinski definition) is 5. The number of ether oxygens (including phenoxy) is 1. The lowest BCUT2D eigenvalue weighted by molar-refractivity contribution is -0.140. The molecule has 0 saturated heterocycles. The first-order valence-electron chi connectivity index (χ1n) is 7.95. The van der Waals surface area contributed by atoms with Crippen molar-refractivity contribution < 1.29 is 19.1 Å². The number of likely N-dealkylation sites (N-methyl/N-ethyl adjacent to an activating group) is 1. The third kappa shape index (κ3) is 2.14. The average molecular weight is 336 g/mol. The Labute approximate surface area is 144 Å². The molecule has 1 amide bonds. The van der Waals surface area contributed by atoms with Crippen LogP contribution in [0.25, 0.3) is 11.1 Å². The molecule has 0 bridgehead atoms. The summed E-state index contributed by atoms with van der Waals surface area (Å²) < 4.78 is 4.80. The second kappa shape index (κ2) is 5.44. The summed E-state index contributed by atoms with van der Waals surface area (Å²) in [4.78, 5) is 37.9. The first kappa shape index (κ1) is 15.4. The van der Waals surface area contributed by atoms with Gasteiger partial charge in [0.2, 0.25) is 0 Å². The number of methoxy groups -OCH3 is 1. The minimum atomic E-state index is -0.556. The Morgan fingerprint density at radius 2 is 1.92 bits per heavy atom. The third-order valence-electron chi connectivity index (χ3n) is 4.80. The number of nitrogens with zero attached hydrogens (tertiary/aromatic N) is 1. The maximum atomic E-state index is 12.6. The molecule has 1 atom stereocenters. The normalized spacial score (nSPS) is 17.5. The number of ketones is 1. The van der Waals surface area contributed by atoms with E-state index in [4.69, 9.17) is 4.74 Å². The van der Waals surface area contributed by atoms with Crippen LogP contribution >= 0.6 is 0 Å². The second-order valence-corrected chi connectivity index (χ2v) is 6.14. The van der Waals surface area contributed by atoms with Crippen LogP contribution < -0.4 is 10.2 Å². The third-order valence-corrected chi connectivity index (χ3v) is 4.80. The summed E-state index contributed by atoms with van der Waals surface area (Å²) in [5.41, 5.74) is 4.32. The Morgan fingerprint density at radius 1 is 1.16 bits per heavy atom. The molecule has 1 unspecified atom stereocenters. The molecule has 25 heavy (non-hydrogen) atoms. The van der Waals surface area contributed by atoms with E-state index < -0.39 is 17.7 Å². The average Bonchev–Trinajstić information content (AvgIpc) is 2.85. The summed E-state index contributed by atoms with van der Waals surface area (Å²) in [6.07, 6.45) is 0.0689. The molecular weight excluding hydrogens is 320 g/mol. The fourth-order valence-corrected chi connectivity index (χ4v) is 3.60. The van der Waals surface area contributed by atoms with Gasteiger partial charge in [-0.05, 0) is 23.3 Å². The zero-order chi connectivity index (χ0) is 17.7. The van der Waals surface area contributed by atoms with E-state index in [1.165, 1.54) is 12.0 Å². The summed E-state index contributed by atoms with van der Waals surface area (Å²) in [6, 6.07) is 10.9. The van der Waals surface area contributed by atoms with Gasteiger partial charge in [0, 0.05) is 18.3 Å². The lowest BCUT2D eigenvalue weighted by Crippen LogP contribution is -2.25. The van der Waals surface area contributed by atoms with Gasteiger partial charge in [-0.3, -0.25) is 14.4 Å². The number of carbonyl (C=O) groups is 3. The van der Waals surface area contributed by atoms with Gasteiger partial charge in [0.1, 0.15) is 0 Å². The number of hydrogen-bond donors (Lipinski definition) is 1. The van der Waals surface area contributed by atoms with Crippen molar-refractivity contribution >= 4 is 29.0 Å². The van der Waals surface area contributed by atoms with Gasteiger partial charge in [-0.2, -0.15) is 0 Å². The predicted octanol–water partition coefficient (Wildman–Crippen LogP) is 2.54. The summed E-state index contributed by atoms with van der Waals surface area (Å²) in [5, 5.41) is 3.32. The van der Waals surface area contributed by atoms with Crippen molar-refractivity contribution in [1.29, 1.82) is 0 Å². The number of fused-ring (bicyclic) bond motifs is 5. The molecule has 2 aromatic carbocycles. The SMILES string of the molecule is COC(=O)CC1Nc2ccccc2-c2ccc3c(c21)C(=O)C(=O)N3C. The largest absolute Gasteiger partial charge is 0.469 e. The maximum Gasteiger partial charge on any atom is 0.307 e. The Balaban J connectivity index is 1.97. The zero-order valence-electron chi connectivity index (χ0n) is 13.8. The van der Waals surface area contributed by atoms with Crippen LogP contribution in [0.15, 0.2) is 36.4 Å². The molecule has 126 valence electrons. The second-order valence-electron chi connectivity index (χ2n) is 6.14. The highest BCUT2D eigenvalue weighted by atomic mass is 16.5. The Hall–Kier alpha value is -3.15. The van der Waals surface area contributed by atoms with E-state index in [0.717, 1.165) is 16.8 Å². The number of anilines is 2. The fourth-order valence-electron chi connectivity index (χ4n) is 3.60. The van der Waals surface area contributed by atoms with Crippen molar-refractivity contribution in [3.63, 3.8) is 0 Å². The van der Waals surface area contributed by atoms with E-state index in [9.17, 15) is 14.4 Å². The number of esters is 1. The topological polar surface area (TPSA) is 75.7 Å². The van der Waals surface area contributed by atoms with Crippen LogP contribution in [0.4, 0.5) is 11.4 Å². The number of benzene rings is 2. The lowest BCUT2D eigenvalue weighted by Gasteiger charge is -2.30. The van der Waals surface area contributed by atoms with E-state index in [0.29, 0.717) is 16.8 Å². The van der Waals surface area contributed by atoms with Crippen LogP contribution in [0.3, 0.4) is 0 Å². The molecule has 0 saturated carbocycles. The highest BCUT2D eigenvalue weighted by molar-refractivity contribution is 6.52. The van der Waals surface area contributed by atoms with Gasteiger partial charge < -0.3 is 15.0 Å². The van der Waals surface area contributed by atoms with Gasteiger partial charge >= 0.3 is 5.97 Å². The Kier molecular flexibility index (Phi) is 3.35. The smallest absolute Gasteiger partial charge is 0.307 e. The molecule has 0 radical (unpaired) electrons. The van der Waals surface area contributed by atoms with Crippen molar-refractivity contribution in [3.05, 3.63) is 47.5 Å². The highest BCUT2D eigenvalue weighted by Gasteiger charge is 2.40. The van der Waals surface area contributed by atoms with E-state index in [-0.39, 0.29) is 12.4 Å². The van der Waals surface area contributed by atoms with Crippen molar-refractivity contribution in [1.82, 2.24) is 0 Å². The van der Waals surface area contributed by atoms with E-state index in [2.05, 4.69) is 5.32 Å². The van der Waals surface area contributed by atoms with Gasteiger partial charge in [0.25, 0.3) is 11.7 Å². The summed E-state index contributed by atoms with van der Waals surface area (Å²) in [7, 11) is 2.91. The van der Waals surface area contributed by atoms with Gasteiger partial charge in [0.15, 0.2) is 0 Å². The number of rotatable bonds is 2. The molecule has 2 heterocycles. The van der Waals surface area contributed by atoms with Crippen LogP contribution in [0.1, 0.15) is 28.4 Å². The van der Waals surface area contributed by atoms with E-state index >= 15 is 0 Å². The number of carbonyl (C=O) groups excluding carboxylic acids is 3. The predicted molar refractivity (Wildman–Crippen MR) is 92.6 cm³/mol. The standard InChI is InChI=1S/C19H16N2O4/c1-21-14-8-7-11-10-5-3-4-6-12(10)20-13(9-15(22)25-2)16(11)17(14)18(23)19(21)24/h3-8,13,20H,9H2,1-2H3. The number of nitrogens with one attached hydrogen (secondary N) is 1. The molecule has 0 aromatic heterocycles. The fraction of sp³-hybridized carbons (Fsp3) is 0.211. The zero-order valence-corrected chi connectivity index (χ0v) is 13.8. The molecule has 6 heteroatoms. The quantitative estimate of drug-likeness (QED) is 0.674. The Morgan fingerprint density at radius 3 is 2.68 bits per heavy atom. The summed E-state index contributed by atoms with van der Waals surface area (Å²) >= 11 is 0. The summed E-state index contributed by atoms with van der Waals surface area (Å²) in [6.45, 7) is 0. The molecule has 0 fully saturated rings. The molecule has 2 aromatic rings. The monoisotopic (exact) mass is 336 g/mol. The van der Waals surface area contributed by atoms with Crippen LogP contribution in [0, 0.1) is 0 Å².